The molecule has 0 bridgehead atoms. The maximum absolute atomic E-state index is 13.2. The lowest BCUT2D eigenvalue weighted by molar-refractivity contribution is 0.579. The Morgan fingerprint density at radius 3 is 2.07 bits per heavy atom. The van der Waals surface area contributed by atoms with E-state index in [9.17, 15) is 4.57 Å². The van der Waals surface area contributed by atoms with E-state index in [2.05, 4.69) is 19.1 Å². The highest BCUT2D eigenvalue weighted by molar-refractivity contribution is 7.73. The van der Waals surface area contributed by atoms with Crippen molar-refractivity contribution >= 4 is 12.4 Å². The van der Waals surface area contributed by atoms with Crippen LogP contribution in [-0.4, -0.2) is 11.3 Å². The third kappa shape index (κ3) is 1.49. The molecule has 2 aliphatic carbocycles. The highest BCUT2D eigenvalue weighted by Gasteiger charge is 2.51. The molecule has 0 atom stereocenters. The summed E-state index contributed by atoms with van der Waals surface area (Å²) in [5, 5.41) is 1.19. The van der Waals surface area contributed by atoms with Crippen LogP contribution in [0.1, 0.15) is 31.2 Å². The highest BCUT2D eigenvalue weighted by Crippen LogP contribution is 2.69. The van der Waals surface area contributed by atoms with Gasteiger partial charge >= 0.3 is 0 Å². The SMILES string of the molecule is Cc1ccccc1P(=O)(C1CC1)C1CC1. The van der Waals surface area contributed by atoms with Crippen LogP contribution in [0.25, 0.3) is 0 Å². The van der Waals surface area contributed by atoms with E-state index in [0.29, 0.717) is 11.3 Å². The van der Waals surface area contributed by atoms with Gasteiger partial charge in [0.15, 0.2) is 0 Å². The van der Waals surface area contributed by atoms with Gasteiger partial charge in [-0.05, 0) is 38.2 Å². The van der Waals surface area contributed by atoms with E-state index in [1.807, 2.05) is 12.1 Å². The van der Waals surface area contributed by atoms with Gasteiger partial charge < -0.3 is 4.57 Å². The zero-order chi connectivity index (χ0) is 10.5. The molecule has 0 unspecified atom stereocenters. The zero-order valence-corrected chi connectivity index (χ0v) is 10.0. The van der Waals surface area contributed by atoms with Crippen LogP contribution in [-0.2, 0) is 4.57 Å². The second-order valence-electron chi connectivity index (χ2n) is 4.96. The molecule has 0 N–H and O–H groups in total. The maximum atomic E-state index is 13.2. The van der Waals surface area contributed by atoms with Crippen molar-refractivity contribution in [3.05, 3.63) is 29.8 Å². The molecule has 1 nitrogen and oxygen atoms in total. The van der Waals surface area contributed by atoms with E-state index in [4.69, 9.17) is 0 Å². The molecule has 0 heterocycles. The number of hydrogen-bond acceptors (Lipinski definition) is 1. The van der Waals surface area contributed by atoms with E-state index in [0.717, 1.165) is 0 Å². The Morgan fingerprint density at radius 2 is 1.60 bits per heavy atom. The largest absolute Gasteiger partial charge is 0.318 e. The van der Waals surface area contributed by atoms with E-state index in [1.54, 1.807) is 0 Å². The zero-order valence-electron chi connectivity index (χ0n) is 9.15. The van der Waals surface area contributed by atoms with Crippen molar-refractivity contribution in [1.82, 2.24) is 0 Å². The van der Waals surface area contributed by atoms with Gasteiger partial charge in [-0.3, -0.25) is 0 Å². The second kappa shape index (κ2) is 3.22. The van der Waals surface area contributed by atoms with Gasteiger partial charge in [-0.25, -0.2) is 0 Å². The fourth-order valence-electron chi connectivity index (χ4n) is 2.56. The Kier molecular flexibility index (Phi) is 2.07. The predicted molar refractivity (Wildman–Crippen MR) is 64.5 cm³/mol. The van der Waals surface area contributed by atoms with Gasteiger partial charge in [0.25, 0.3) is 0 Å². The minimum Gasteiger partial charge on any atom is -0.318 e. The van der Waals surface area contributed by atoms with Crippen LogP contribution in [0.3, 0.4) is 0 Å². The summed E-state index contributed by atoms with van der Waals surface area (Å²) in [6, 6.07) is 8.29. The first-order chi connectivity index (χ1) is 7.23. The molecule has 0 aliphatic heterocycles. The van der Waals surface area contributed by atoms with Gasteiger partial charge in [0.2, 0.25) is 0 Å². The Bertz CT molecular complexity index is 414. The Hall–Kier alpha value is -0.550. The van der Waals surface area contributed by atoms with Crippen molar-refractivity contribution in [1.29, 1.82) is 0 Å². The normalized spacial score (nSPS) is 21.7. The van der Waals surface area contributed by atoms with E-state index in [-0.39, 0.29) is 0 Å². The third-order valence-electron chi connectivity index (χ3n) is 3.67. The van der Waals surface area contributed by atoms with Gasteiger partial charge in [-0.2, -0.15) is 0 Å². The third-order valence-corrected chi connectivity index (χ3v) is 8.13. The number of aryl methyl sites for hydroxylation is 1. The molecule has 1 aromatic carbocycles. The molecule has 0 aromatic heterocycles. The molecular formula is C13H17OP. The molecule has 80 valence electrons. The fourth-order valence-corrected chi connectivity index (χ4v) is 6.72. The topological polar surface area (TPSA) is 17.1 Å². The lowest BCUT2D eigenvalue weighted by atomic mass is 10.2. The molecule has 15 heavy (non-hydrogen) atoms. The monoisotopic (exact) mass is 220 g/mol. The molecule has 0 saturated heterocycles. The molecule has 2 saturated carbocycles. The van der Waals surface area contributed by atoms with Gasteiger partial charge in [-0.1, -0.05) is 24.3 Å². The van der Waals surface area contributed by atoms with Crippen molar-refractivity contribution in [3.8, 4) is 0 Å². The summed E-state index contributed by atoms with van der Waals surface area (Å²) in [4.78, 5) is 0. The standard InChI is InChI=1S/C13H17OP/c1-10-4-2-3-5-13(10)15(14,11-6-7-11)12-8-9-12/h2-5,11-12H,6-9H2,1H3. The summed E-state index contributed by atoms with van der Waals surface area (Å²) in [5.74, 6) is 0. The summed E-state index contributed by atoms with van der Waals surface area (Å²) >= 11 is 0. The molecule has 2 aliphatic rings. The average molecular weight is 220 g/mol. The van der Waals surface area contributed by atoms with Crippen LogP contribution in [0.5, 0.6) is 0 Å². The number of rotatable bonds is 3. The van der Waals surface area contributed by atoms with E-state index >= 15 is 0 Å². The van der Waals surface area contributed by atoms with Crippen LogP contribution in [0.15, 0.2) is 24.3 Å². The smallest absolute Gasteiger partial charge is 0.121 e. The lowest BCUT2D eigenvalue weighted by Crippen LogP contribution is -2.14. The average Bonchev–Trinajstić information content (AvgIpc) is 3.06. The first kappa shape index (κ1) is 9.66. The molecule has 3 rings (SSSR count). The van der Waals surface area contributed by atoms with Crippen molar-refractivity contribution in [2.24, 2.45) is 0 Å². The van der Waals surface area contributed by atoms with Crippen molar-refractivity contribution in [2.45, 2.75) is 43.9 Å². The molecular weight excluding hydrogens is 203 g/mol. The maximum Gasteiger partial charge on any atom is 0.121 e. The first-order valence-electron chi connectivity index (χ1n) is 5.88. The number of benzene rings is 1. The molecule has 2 fully saturated rings. The summed E-state index contributed by atoms with van der Waals surface area (Å²) in [7, 11) is -2.03. The van der Waals surface area contributed by atoms with Crippen LogP contribution >= 0.6 is 7.14 Å². The summed E-state index contributed by atoms with van der Waals surface area (Å²) in [5.41, 5.74) is 2.30. The van der Waals surface area contributed by atoms with Crippen LogP contribution < -0.4 is 5.30 Å². The molecule has 1 aromatic rings. The summed E-state index contributed by atoms with van der Waals surface area (Å²) in [6.07, 6.45) is 4.79. The molecule has 2 heteroatoms. The van der Waals surface area contributed by atoms with Crippen molar-refractivity contribution < 1.29 is 4.57 Å². The lowest BCUT2D eigenvalue weighted by Gasteiger charge is -2.19. The van der Waals surface area contributed by atoms with Gasteiger partial charge in [0, 0.05) is 16.6 Å². The fraction of sp³-hybridized carbons (Fsp3) is 0.538. The minimum absolute atomic E-state index is 0.533. The molecule has 0 amide bonds. The first-order valence-corrected chi connectivity index (χ1v) is 7.73. The Morgan fingerprint density at radius 1 is 1.07 bits per heavy atom. The van der Waals surface area contributed by atoms with Crippen LogP contribution in [0, 0.1) is 6.92 Å². The summed E-state index contributed by atoms with van der Waals surface area (Å²) in [6.45, 7) is 2.10. The Labute approximate surface area is 91.3 Å². The van der Waals surface area contributed by atoms with E-state index in [1.165, 1.54) is 36.6 Å². The van der Waals surface area contributed by atoms with Crippen molar-refractivity contribution in [3.63, 3.8) is 0 Å². The quantitative estimate of drug-likeness (QED) is 0.714. The van der Waals surface area contributed by atoms with Crippen LogP contribution in [0.4, 0.5) is 0 Å². The number of hydrogen-bond donors (Lipinski definition) is 0. The van der Waals surface area contributed by atoms with Crippen molar-refractivity contribution in [2.75, 3.05) is 0 Å². The van der Waals surface area contributed by atoms with Gasteiger partial charge in [-0.15, -0.1) is 0 Å². The van der Waals surface area contributed by atoms with Gasteiger partial charge in [0.1, 0.15) is 7.14 Å². The molecule has 0 radical (unpaired) electrons. The highest BCUT2D eigenvalue weighted by atomic mass is 31.2. The van der Waals surface area contributed by atoms with Gasteiger partial charge in [0.05, 0.1) is 0 Å². The summed E-state index contributed by atoms with van der Waals surface area (Å²) < 4.78 is 13.2. The Balaban J connectivity index is 2.09. The minimum atomic E-state index is -2.03. The predicted octanol–water partition coefficient (Wildman–Crippen LogP) is 3.31. The van der Waals surface area contributed by atoms with Crippen LogP contribution in [0.2, 0.25) is 0 Å². The second-order valence-corrected chi connectivity index (χ2v) is 8.32. The van der Waals surface area contributed by atoms with E-state index < -0.39 is 7.14 Å². The molecule has 0 spiro atoms.